The molecule has 2 heterocycles. The van der Waals surface area contributed by atoms with E-state index in [2.05, 4.69) is 15.3 Å². The van der Waals surface area contributed by atoms with Gasteiger partial charge in [-0.15, -0.1) is 0 Å². The van der Waals surface area contributed by atoms with E-state index >= 15 is 0 Å². The Bertz CT molecular complexity index is 787. The van der Waals surface area contributed by atoms with Crippen molar-refractivity contribution in [3.63, 3.8) is 0 Å². The number of rotatable bonds is 3. The highest BCUT2D eigenvalue weighted by atomic mass is 16.5. The fourth-order valence-electron chi connectivity index (χ4n) is 2.64. The van der Waals surface area contributed by atoms with Crippen molar-refractivity contribution in [2.45, 2.75) is 18.9 Å². The van der Waals surface area contributed by atoms with Crippen LogP contribution in [-0.2, 0) is 10.3 Å². The van der Waals surface area contributed by atoms with Crippen LogP contribution in [0.15, 0.2) is 36.7 Å². The van der Waals surface area contributed by atoms with E-state index in [4.69, 9.17) is 10.1 Å². The summed E-state index contributed by atoms with van der Waals surface area (Å²) >= 11 is 0. The quantitative estimate of drug-likeness (QED) is 0.897. The van der Waals surface area contributed by atoms with Crippen LogP contribution in [0, 0.1) is 5.41 Å². The third-order valence-corrected chi connectivity index (χ3v) is 4.17. The average molecular weight is 325 g/mol. The van der Waals surface area contributed by atoms with Gasteiger partial charge in [-0.05, 0) is 19.1 Å². The Labute approximate surface area is 140 Å². The second-order valence-corrected chi connectivity index (χ2v) is 5.96. The number of benzene rings is 1. The largest absolute Gasteiger partial charge is 0.497 e. The van der Waals surface area contributed by atoms with Gasteiger partial charge in [0.1, 0.15) is 5.75 Å². The van der Waals surface area contributed by atoms with Gasteiger partial charge in [0.15, 0.2) is 5.96 Å². The van der Waals surface area contributed by atoms with E-state index in [0.717, 1.165) is 11.3 Å². The van der Waals surface area contributed by atoms with Crippen LogP contribution in [0.1, 0.15) is 19.0 Å². The van der Waals surface area contributed by atoms with Gasteiger partial charge < -0.3 is 10.1 Å². The Morgan fingerprint density at radius 3 is 2.88 bits per heavy atom. The maximum Gasteiger partial charge on any atom is 0.231 e. The molecule has 1 aliphatic rings. The summed E-state index contributed by atoms with van der Waals surface area (Å²) in [7, 11) is 3.19. The number of nitrogens with one attached hydrogen (secondary N) is 2. The van der Waals surface area contributed by atoms with Crippen molar-refractivity contribution in [1.82, 2.24) is 20.2 Å². The zero-order valence-corrected chi connectivity index (χ0v) is 13.8. The SMILES string of the molecule is COc1cccc(-c2cncc([C@]3(C)CC(=O)N(C)C(=N)N3)n2)c1. The fourth-order valence-corrected chi connectivity index (χ4v) is 2.64. The molecule has 7 heteroatoms. The number of hydrogen-bond donors (Lipinski definition) is 2. The molecule has 3 rings (SSSR count). The Morgan fingerprint density at radius 2 is 2.17 bits per heavy atom. The first-order valence-electron chi connectivity index (χ1n) is 7.53. The second-order valence-electron chi connectivity index (χ2n) is 5.96. The van der Waals surface area contributed by atoms with E-state index in [0.29, 0.717) is 11.4 Å². The molecular formula is C17H19N5O2. The van der Waals surface area contributed by atoms with Gasteiger partial charge in [-0.2, -0.15) is 0 Å². The Balaban J connectivity index is 1.98. The molecule has 0 saturated carbocycles. The minimum atomic E-state index is -0.761. The van der Waals surface area contributed by atoms with Gasteiger partial charge in [-0.25, -0.2) is 4.98 Å². The lowest BCUT2D eigenvalue weighted by molar-refractivity contribution is -0.129. The summed E-state index contributed by atoms with van der Waals surface area (Å²) in [6, 6.07) is 7.55. The maximum absolute atomic E-state index is 12.1. The van der Waals surface area contributed by atoms with Crippen molar-refractivity contribution < 1.29 is 9.53 Å². The summed E-state index contributed by atoms with van der Waals surface area (Å²) in [6.07, 6.45) is 3.51. The van der Waals surface area contributed by atoms with Crippen LogP contribution in [-0.4, -0.2) is 40.9 Å². The molecule has 7 nitrogen and oxygen atoms in total. The molecule has 1 saturated heterocycles. The molecular weight excluding hydrogens is 306 g/mol. The van der Waals surface area contributed by atoms with Crippen molar-refractivity contribution in [2.24, 2.45) is 0 Å². The molecule has 1 amide bonds. The molecule has 2 N–H and O–H groups in total. The Hall–Kier alpha value is -2.96. The first kappa shape index (κ1) is 15.9. The lowest BCUT2D eigenvalue weighted by Crippen LogP contribution is -2.58. The molecule has 124 valence electrons. The van der Waals surface area contributed by atoms with Gasteiger partial charge >= 0.3 is 0 Å². The third kappa shape index (κ3) is 2.80. The fraction of sp³-hybridized carbons (Fsp3) is 0.294. The summed E-state index contributed by atoms with van der Waals surface area (Å²) in [4.78, 5) is 22.3. The monoisotopic (exact) mass is 325 g/mol. The van der Waals surface area contributed by atoms with Crippen LogP contribution in [0.25, 0.3) is 11.3 Å². The van der Waals surface area contributed by atoms with Gasteiger partial charge in [-0.3, -0.25) is 20.1 Å². The normalized spacial score (nSPS) is 20.7. The minimum Gasteiger partial charge on any atom is -0.497 e. The molecule has 1 fully saturated rings. The number of amides is 1. The summed E-state index contributed by atoms with van der Waals surface area (Å²) < 4.78 is 5.24. The maximum atomic E-state index is 12.1. The van der Waals surface area contributed by atoms with Crippen molar-refractivity contribution in [3.05, 3.63) is 42.4 Å². The first-order chi connectivity index (χ1) is 11.4. The number of carbonyl (C=O) groups is 1. The van der Waals surface area contributed by atoms with Crippen LogP contribution in [0.4, 0.5) is 0 Å². The van der Waals surface area contributed by atoms with Gasteiger partial charge in [0.05, 0.1) is 42.9 Å². The smallest absolute Gasteiger partial charge is 0.231 e. The molecule has 0 aliphatic carbocycles. The first-order valence-corrected chi connectivity index (χ1v) is 7.53. The van der Waals surface area contributed by atoms with Crippen LogP contribution in [0.5, 0.6) is 5.75 Å². The van der Waals surface area contributed by atoms with Crippen LogP contribution >= 0.6 is 0 Å². The zero-order chi connectivity index (χ0) is 17.3. The van der Waals surface area contributed by atoms with E-state index in [1.807, 2.05) is 31.2 Å². The van der Waals surface area contributed by atoms with Crippen molar-refractivity contribution in [1.29, 1.82) is 5.41 Å². The topological polar surface area (TPSA) is 91.2 Å². The Morgan fingerprint density at radius 1 is 1.38 bits per heavy atom. The van der Waals surface area contributed by atoms with Gasteiger partial charge in [0.25, 0.3) is 0 Å². The zero-order valence-electron chi connectivity index (χ0n) is 13.8. The van der Waals surface area contributed by atoms with Crippen LogP contribution in [0.2, 0.25) is 0 Å². The van der Waals surface area contributed by atoms with Crippen molar-refractivity contribution in [3.8, 4) is 17.0 Å². The highest BCUT2D eigenvalue weighted by Crippen LogP contribution is 2.29. The number of methoxy groups -OCH3 is 1. The van der Waals surface area contributed by atoms with Crippen LogP contribution in [0.3, 0.4) is 0 Å². The molecule has 2 aromatic rings. The lowest BCUT2D eigenvalue weighted by atomic mass is 9.91. The van der Waals surface area contributed by atoms with E-state index in [-0.39, 0.29) is 18.3 Å². The Kier molecular flexibility index (Phi) is 3.92. The molecule has 1 aromatic heterocycles. The highest BCUT2D eigenvalue weighted by Gasteiger charge is 2.39. The number of carbonyl (C=O) groups excluding carboxylic acids is 1. The highest BCUT2D eigenvalue weighted by molar-refractivity contribution is 5.98. The molecule has 1 aromatic carbocycles. The minimum absolute atomic E-state index is 0.0577. The molecule has 1 aliphatic heterocycles. The van der Waals surface area contributed by atoms with Crippen LogP contribution < -0.4 is 10.1 Å². The van der Waals surface area contributed by atoms with E-state index in [1.165, 1.54) is 4.90 Å². The van der Waals surface area contributed by atoms with E-state index in [9.17, 15) is 4.79 Å². The number of nitrogens with zero attached hydrogens (tertiary/aromatic N) is 3. The molecule has 0 unspecified atom stereocenters. The number of guanidine groups is 1. The van der Waals surface area contributed by atoms with Gasteiger partial charge in [-0.1, -0.05) is 12.1 Å². The molecule has 24 heavy (non-hydrogen) atoms. The van der Waals surface area contributed by atoms with E-state index in [1.54, 1.807) is 26.6 Å². The summed E-state index contributed by atoms with van der Waals surface area (Å²) in [5.74, 6) is 0.664. The molecule has 0 spiro atoms. The lowest BCUT2D eigenvalue weighted by Gasteiger charge is -2.38. The predicted octanol–water partition coefficient (Wildman–Crippen LogP) is 1.75. The molecule has 1 atom stereocenters. The van der Waals surface area contributed by atoms with Gasteiger partial charge in [0, 0.05) is 12.6 Å². The van der Waals surface area contributed by atoms with Gasteiger partial charge in [0.2, 0.25) is 5.91 Å². The summed E-state index contributed by atoms with van der Waals surface area (Å²) in [6.45, 7) is 1.85. The van der Waals surface area contributed by atoms with E-state index < -0.39 is 5.54 Å². The second kappa shape index (κ2) is 5.92. The number of hydrogen-bond acceptors (Lipinski definition) is 5. The number of ether oxygens (including phenoxy) is 1. The van der Waals surface area contributed by atoms with Crippen molar-refractivity contribution in [2.75, 3.05) is 14.2 Å². The molecule has 0 radical (unpaired) electrons. The summed E-state index contributed by atoms with van der Waals surface area (Å²) in [5, 5.41) is 11.0. The third-order valence-electron chi connectivity index (χ3n) is 4.17. The average Bonchev–Trinajstić information content (AvgIpc) is 2.60. The van der Waals surface area contributed by atoms with Crippen molar-refractivity contribution >= 4 is 11.9 Å². The predicted molar refractivity (Wildman–Crippen MR) is 89.6 cm³/mol. The number of aromatic nitrogens is 2. The summed E-state index contributed by atoms with van der Waals surface area (Å²) in [5.41, 5.74) is 1.42. The molecule has 0 bridgehead atoms. The standard InChI is InChI=1S/C17H19N5O2/c1-17(8-15(23)22(2)16(18)21-17)14-10-19-9-13(20-14)11-5-4-6-12(7-11)24-3/h4-7,9-10H,8H2,1-3H3,(H2,18,21)/t17-/m0/s1.